The molecule has 3 rings (SSSR count). The molecule has 0 spiro atoms. The predicted octanol–water partition coefficient (Wildman–Crippen LogP) is 3.13. The highest BCUT2D eigenvalue weighted by Gasteiger charge is 2.40. The highest BCUT2D eigenvalue weighted by Crippen LogP contribution is 2.48. The molecule has 19 heavy (non-hydrogen) atoms. The third kappa shape index (κ3) is 2.34. The summed E-state index contributed by atoms with van der Waals surface area (Å²) in [6, 6.07) is 5.31. The second-order valence-corrected chi connectivity index (χ2v) is 6.62. The monoisotopic (exact) mass is 262 g/mol. The Morgan fingerprint density at radius 2 is 2.05 bits per heavy atom. The Morgan fingerprint density at radius 3 is 2.63 bits per heavy atom. The summed E-state index contributed by atoms with van der Waals surface area (Å²) in [6.07, 6.45) is 2.47. The van der Waals surface area contributed by atoms with Crippen LogP contribution < -0.4 is 5.73 Å². The quantitative estimate of drug-likeness (QED) is 0.906. The van der Waals surface area contributed by atoms with Gasteiger partial charge in [-0.25, -0.2) is 0 Å². The molecule has 1 aromatic rings. The van der Waals surface area contributed by atoms with Crippen LogP contribution in [0.1, 0.15) is 57.1 Å². The van der Waals surface area contributed by atoms with Gasteiger partial charge >= 0.3 is 0 Å². The van der Waals surface area contributed by atoms with E-state index in [0.29, 0.717) is 23.9 Å². The molecular weight excluding hydrogens is 236 g/mol. The van der Waals surface area contributed by atoms with Gasteiger partial charge < -0.3 is 10.2 Å². The fourth-order valence-corrected chi connectivity index (χ4v) is 3.55. The maximum absolute atomic E-state index is 6.18. The minimum absolute atomic E-state index is 0.382. The Hall–Kier alpha value is -0.800. The van der Waals surface area contributed by atoms with E-state index in [2.05, 4.69) is 37.8 Å². The number of hydrogen-bond donors (Lipinski definition) is 1. The second-order valence-electron chi connectivity index (χ2n) is 6.62. The van der Waals surface area contributed by atoms with Crippen molar-refractivity contribution in [3.63, 3.8) is 0 Å². The summed E-state index contributed by atoms with van der Waals surface area (Å²) in [5.74, 6) is 4.33. The van der Waals surface area contributed by atoms with Gasteiger partial charge in [-0.15, -0.1) is 0 Å². The van der Waals surface area contributed by atoms with Crippen LogP contribution in [0.3, 0.4) is 0 Å². The third-order valence-corrected chi connectivity index (χ3v) is 4.94. The number of furan rings is 1. The van der Waals surface area contributed by atoms with E-state index >= 15 is 0 Å². The van der Waals surface area contributed by atoms with Gasteiger partial charge in [0.1, 0.15) is 11.5 Å². The molecule has 0 bridgehead atoms. The van der Waals surface area contributed by atoms with Crippen LogP contribution in [0, 0.1) is 11.8 Å². The topological polar surface area (TPSA) is 42.4 Å². The van der Waals surface area contributed by atoms with E-state index in [4.69, 9.17) is 10.2 Å². The highest BCUT2D eigenvalue weighted by molar-refractivity contribution is 5.20. The van der Waals surface area contributed by atoms with E-state index in [-0.39, 0.29) is 0 Å². The summed E-state index contributed by atoms with van der Waals surface area (Å²) < 4.78 is 6.18. The van der Waals surface area contributed by atoms with E-state index < -0.39 is 0 Å². The van der Waals surface area contributed by atoms with Gasteiger partial charge in [-0.1, -0.05) is 6.92 Å². The Bertz CT molecular complexity index is 440. The molecule has 2 fully saturated rings. The molecular formula is C16H26N2O. The van der Waals surface area contributed by atoms with Crippen LogP contribution in [0.15, 0.2) is 16.5 Å². The average molecular weight is 262 g/mol. The molecule has 1 saturated carbocycles. The molecule has 3 nitrogen and oxygen atoms in total. The molecule has 2 aliphatic rings. The molecule has 4 unspecified atom stereocenters. The molecule has 1 aromatic heterocycles. The van der Waals surface area contributed by atoms with Crippen LogP contribution in [-0.4, -0.2) is 24.0 Å². The van der Waals surface area contributed by atoms with Crippen LogP contribution in [0.2, 0.25) is 0 Å². The van der Waals surface area contributed by atoms with Gasteiger partial charge in [0.15, 0.2) is 0 Å². The van der Waals surface area contributed by atoms with Crippen LogP contribution in [0.4, 0.5) is 0 Å². The Balaban J connectivity index is 1.83. The van der Waals surface area contributed by atoms with E-state index in [0.717, 1.165) is 24.8 Å². The molecule has 3 heteroatoms. The first kappa shape index (κ1) is 13.2. The largest absolute Gasteiger partial charge is 0.464 e. The van der Waals surface area contributed by atoms with E-state index in [1.165, 1.54) is 18.6 Å². The molecule has 1 saturated heterocycles. The van der Waals surface area contributed by atoms with Gasteiger partial charge in [0, 0.05) is 12.0 Å². The summed E-state index contributed by atoms with van der Waals surface area (Å²) >= 11 is 0. The highest BCUT2D eigenvalue weighted by atomic mass is 16.3. The molecule has 0 amide bonds. The Morgan fingerprint density at radius 1 is 1.37 bits per heavy atom. The van der Waals surface area contributed by atoms with Crippen molar-refractivity contribution in [2.75, 3.05) is 13.1 Å². The van der Waals surface area contributed by atoms with E-state index in [1.807, 2.05) is 0 Å². The first-order chi connectivity index (χ1) is 9.11. The van der Waals surface area contributed by atoms with Crippen molar-refractivity contribution in [3.05, 3.63) is 23.7 Å². The van der Waals surface area contributed by atoms with Crippen LogP contribution in [0.5, 0.6) is 0 Å². The summed E-state index contributed by atoms with van der Waals surface area (Å²) in [5, 5.41) is 0. The summed E-state index contributed by atoms with van der Waals surface area (Å²) in [6.45, 7) is 8.72. The lowest BCUT2D eigenvalue weighted by Crippen LogP contribution is -2.33. The first-order valence-corrected chi connectivity index (χ1v) is 7.67. The smallest absolute Gasteiger partial charge is 0.121 e. The van der Waals surface area contributed by atoms with Gasteiger partial charge in [-0.2, -0.15) is 0 Å². The predicted molar refractivity (Wildman–Crippen MR) is 77.0 cm³/mol. The van der Waals surface area contributed by atoms with Crippen molar-refractivity contribution in [3.8, 4) is 0 Å². The molecule has 0 aromatic carbocycles. The minimum atomic E-state index is 0.382. The SMILES string of the molecule is CC1CC1c1ccc(C2C(CN)CCN2C(C)C)o1. The van der Waals surface area contributed by atoms with Crippen molar-refractivity contribution in [2.45, 2.75) is 51.6 Å². The number of hydrogen-bond acceptors (Lipinski definition) is 3. The molecule has 2 N–H and O–H groups in total. The second kappa shape index (κ2) is 4.95. The average Bonchev–Trinajstić information content (AvgIpc) is 2.86. The van der Waals surface area contributed by atoms with Crippen LogP contribution in [0.25, 0.3) is 0 Å². The molecule has 4 atom stereocenters. The molecule has 106 valence electrons. The summed E-state index contributed by atoms with van der Waals surface area (Å²) in [7, 11) is 0. The van der Waals surface area contributed by atoms with Crippen LogP contribution >= 0.6 is 0 Å². The lowest BCUT2D eigenvalue weighted by atomic mass is 9.98. The molecule has 1 aliphatic heterocycles. The number of nitrogens with zero attached hydrogens (tertiary/aromatic N) is 1. The summed E-state index contributed by atoms with van der Waals surface area (Å²) in [5.41, 5.74) is 5.96. The zero-order valence-corrected chi connectivity index (χ0v) is 12.3. The lowest BCUT2D eigenvalue weighted by molar-refractivity contribution is 0.161. The lowest BCUT2D eigenvalue weighted by Gasteiger charge is -2.29. The summed E-state index contributed by atoms with van der Waals surface area (Å²) in [4.78, 5) is 2.54. The van der Waals surface area contributed by atoms with Gasteiger partial charge in [-0.05, 0) is 63.7 Å². The maximum Gasteiger partial charge on any atom is 0.121 e. The van der Waals surface area contributed by atoms with Crippen molar-refractivity contribution < 1.29 is 4.42 Å². The van der Waals surface area contributed by atoms with E-state index in [1.54, 1.807) is 0 Å². The molecule has 2 heterocycles. The first-order valence-electron chi connectivity index (χ1n) is 7.67. The fourth-order valence-electron chi connectivity index (χ4n) is 3.55. The molecule has 1 aliphatic carbocycles. The Labute approximate surface area is 116 Å². The maximum atomic E-state index is 6.18. The van der Waals surface area contributed by atoms with Crippen molar-refractivity contribution in [2.24, 2.45) is 17.6 Å². The zero-order valence-electron chi connectivity index (χ0n) is 12.3. The van der Waals surface area contributed by atoms with Gasteiger partial charge in [0.05, 0.1) is 6.04 Å². The van der Waals surface area contributed by atoms with Gasteiger partial charge in [-0.3, -0.25) is 4.90 Å². The number of rotatable bonds is 4. The van der Waals surface area contributed by atoms with Crippen molar-refractivity contribution >= 4 is 0 Å². The molecule has 0 radical (unpaired) electrons. The van der Waals surface area contributed by atoms with Crippen molar-refractivity contribution in [1.82, 2.24) is 4.90 Å². The van der Waals surface area contributed by atoms with Crippen molar-refractivity contribution in [1.29, 1.82) is 0 Å². The Kier molecular flexibility index (Phi) is 3.44. The number of nitrogens with two attached hydrogens (primary N) is 1. The minimum Gasteiger partial charge on any atom is -0.464 e. The fraction of sp³-hybridized carbons (Fsp3) is 0.750. The van der Waals surface area contributed by atoms with E-state index in [9.17, 15) is 0 Å². The third-order valence-electron chi connectivity index (χ3n) is 4.94. The van der Waals surface area contributed by atoms with Crippen LogP contribution in [-0.2, 0) is 0 Å². The zero-order chi connectivity index (χ0) is 13.6. The standard InChI is InChI=1S/C16H26N2O/c1-10(2)18-7-6-12(9-17)16(18)15-5-4-14(19-15)13-8-11(13)3/h4-5,10-13,16H,6-9,17H2,1-3H3. The van der Waals surface area contributed by atoms with Gasteiger partial charge in [0.2, 0.25) is 0 Å². The number of likely N-dealkylation sites (tertiary alicyclic amines) is 1. The normalized spacial score (nSPS) is 35.2. The van der Waals surface area contributed by atoms with Gasteiger partial charge in [0.25, 0.3) is 0 Å².